The van der Waals surface area contributed by atoms with Gasteiger partial charge in [0.25, 0.3) is 0 Å². The molecule has 2 fully saturated rings. The zero-order valence-electron chi connectivity index (χ0n) is 18.8. The van der Waals surface area contributed by atoms with Gasteiger partial charge in [-0.15, -0.1) is 0 Å². The lowest BCUT2D eigenvalue weighted by atomic mass is 9.88. The summed E-state index contributed by atoms with van der Waals surface area (Å²) in [4.78, 5) is 12.8. The topological polar surface area (TPSA) is 146 Å². The van der Waals surface area contributed by atoms with Gasteiger partial charge in [-0.25, -0.2) is 19.3 Å². The van der Waals surface area contributed by atoms with Crippen LogP contribution in [0.15, 0.2) is 48.9 Å². The SMILES string of the molecule is Nc1ncnc2c1ccn2[C@@H]1O[C@H](COc2ccc3ccc(N[C@H]4C[C@@H](N)C4)nc3c2)[C@@H](O)[C@@H]1F. The van der Waals surface area contributed by atoms with Crippen molar-refractivity contribution in [2.45, 2.75) is 49.5 Å². The van der Waals surface area contributed by atoms with Crippen molar-refractivity contribution in [3.63, 3.8) is 0 Å². The van der Waals surface area contributed by atoms with Gasteiger partial charge in [0.15, 0.2) is 12.4 Å². The van der Waals surface area contributed by atoms with Crippen LogP contribution in [0.4, 0.5) is 16.0 Å². The lowest BCUT2D eigenvalue weighted by Gasteiger charge is -2.33. The van der Waals surface area contributed by atoms with E-state index in [0.29, 0.717) is 28.6 Å². The Labute approximate surface area is 200 Å². The number of hydrogen-bond acceptors (Lipinski definition) is 9. The van der Waals surface area contributed by atoms with Crippen LogP contribution in [0.3, 0.4) is 0 Å². The number of hydrogen-bond donors (Lipinski definition) is 4. The third kappa shape index (κ3) is 4.01. The van der Waals surface area contributed by atoms with Crippen LogP contribution in [-0.4, -0.2) is 61.7 Å². The van der Waals surface area contributed by atoms with Crippen molar-refractivity contribution in [2.75, 3.05) is 17.7 Å². The minimum Gasteiger partial charge on any atom is -0.491 e. The van der Waals surface area contributed by atoms with E-state index < -0.39 is 24.6 Å². The van der Waals surface area contributed by atoms with E-state index in [1.54, 1.807) is 12.3 Å². The monoisotopic (exact) mass is 479 g/mol. The summed E-state index contributed by atoms with van der Waals surface area (Å²) >= 11 is 0. The smallest absolute Gasteiger partial charge is 0.173 e. The number of aliphatic hydroxyl groups is 1. The average Bonchev–Trinajstić information content (AvgIpc) is 3.38. The van der Waals surface area contributed by atoms with E-state index in [1.165, 1.54) is 10.9 Å². The highest BCUT2D eigenvalue weighted by atomic mass is 19.1. The van der Waals surface area contributed by atoms with Crippen molar-refractivity contribution in [1.82, 2.24) is 19.5 Å². The van der Waals surface area contributed by atoms with Crippen molar-refractivity contribution in [3.05, 3.63) is 48.9 Å². The predicted molar refractivity (Wildman–Crippen MR) is 129 cm³/mol. The highest BCUT2D eigenvalue weighted by molar-refractivity contribution is 5.86. The minimum atomic E-state index is -1.66. The second kappa shape index (κ2) is 8.59. The Kier molecular flexibility index (Phi) is 5.39. The van der Waals surface area contributed by atoms with Gasteiger partial charge in [0.2, 0.25) is 0 Å². The van der Waals surface area contributed by atoms with Gasteiger partial charge in [-0.2, -0.15) is 0 Å². The maximum absolute atomic E-state index is 15.0. The van der Waals surface area contributed by atoms with Gasteiger partial charge in [0.05, 0.1) is 10.9 Å². The Morgan fingerprint density at radius 2 is 2.03 bits per heavy atom. The molecular formula is C24H26FN7O3. The van der Waals surface area contributed by atoms with E-state index in [1.807, 2.05) is 30.3 Å². The minimum absolute atomic E-state index is 0.0299. The highest BCUT2D eigenvalue weighted by Crippen LogP contribution is 2.35. The molecule has 10 nitrogen and oxygen atoms in total. The number of nitrogens with two attached hydrogens (primary N) is 2. The van der Waals surface area contributed by atoms with E-state index in [4.69, 9.17) is 20.9 Å². The summed E-state index contributed by atoms with van der Waals surface area (Å²) in [5.74, 6) is 1.63. The predicted octanol–water partition coefficient (Wildman–Crippen LogP) is 2.14. The molecule has 6 N–H and O–H groups in total. The van der Waals surface area contributed by atoms with E-state index in [0.717, 1.165) is 29.6 Å². The molecule has 11 heteroatoms. The standard InChI is InChI=1S/C24H26FN7O3/c25-20-21(33)18(35-24(20)32-6-5-16-22(27)28-11-29-23(16)32)10-34-15-3-1-12-2-4-19(31-17(12)9-15)30-14-7-13(26)8-14/h1-6,9,11,13-14,18,20-21,24,33H,7-8,10,26H2,(H,30,31)(H2,27,28,29)/t13-,14+,18-,20+,21-,24-/m1/s1. The fourth-order valence-electron chi connectivity index (χ4n) is 4.70. The second-order valence-electron chi connectivity index (χ2n) is 9.15. The van der Waals surface area contributed by atoms with Crippen LogP contribution in [0.2, 0.25) is 0 Å². The van der Waals surface area contributed by atoms with E-state index in [2.05, 4.69) is 20.3 Å². The molecule has 4 heterocycles. The van der Waals surface area contributed by atoms with Crippen LogP contribution in [-0.2, 0) is 4.74 Å². The van der Waals surface area contributed by atoms with Gasteiger partial charge in [-0.3, -0.25) is 0 Å². The molecule has 0 bridgehead atoms. The first-order valence-corrected chi connectivity index (χ1v) is 11.6. The molecule has 0 amide bonds. The molecule has 1 saturated carbocycles. The normalized spacial score (nSPS) is 28.3. The summed E-state index contributed by atoms with van der Waals surface area (Å²) < 4.78 is 28.3. The van der Waals surface area contributed by atoms with E-state index in [-0.39, 0.29) is 12.6 Å². The maximum Gasteiger partial charge on any atom is 0.173 e. The molecule has 0 radical (unpaired) electrons. The van der Waals surface area contributed by atoms with Gasteiger partial charge >= 0.3 is 0 Å². The molecule has 0 spiro atoms. The van der Waals surface area contributed by atoms with Crippen molar-refractivity contribution in [2.24, 2.45) is 5.73 Å². The number of aromatic nitrogens is 4. The number of pyridine rings is 1. The summed E-state index contributed by atoms with van der Waals surface area (Å²) in [7, 11) is 0. The number of rotatable bonds is 6. The second-order valence-corrected chi connectivity index (χ2v) is 9.15. The van der Waals surface area contributed by atoms with Crippen LogP contribution < -0.4 is 21.5 Å². The third-order valence-corrected chi connectivity index (χ3v) is 6.71. The number of halogens is 1. The first kappa shape index (κ1) is 22.0. The summed E-state index contributed by atoms with van der Waals surface area (Å²) in [5.41, 5.74) is 12.9. The molecule has 0 unspecified atom stereocenters. The molecule has 1 saturated heterocycles. The lowest BCUT2D eigenvalue weighted by molar-refractivity contribution is -0.0410. The largest absolute Gasteiger partial charge is 0.491 e. The number of alkyl halides is 1. The Morgan fingerprint density at radius 3 is 2.86 bits per heavy atom. The van der Waals surface area contributed by atoms with Crippen molar-refractivity contribution < 1.29 is 19.0 Å². The van der Waals surface area contributed by atoms with Crippen LogP contribution in [0, 0.1) is 0 Å². The summed E-state index contributed by atoms with van der Waals surface area (Å²) in [6.45, 7) is -0.0299. The van der Waals surface area contributed by atoms with Gasteiger partial charge in [0, 0.05) is 29.7 Å². The van der Waals surface area contributed by atoms with E-state index >= 15 is 4.39 Å². The fourth-order valence-corrected chi connectivity index (χ4v) is 4.70. The number of ether oxygens (including phenoxy) is 2. The number of nitrogens with one attached hydrogen (secondary N) is 1. The van der Waals surface area contributed by atoms with Gasteiger partial charge < -0.3 is 35.9 Å². The third-order valence-electron chi connectivity index (χ3n) is 6.71. The lowest BCUT2D eigenvalue weighted by Crippen LogP contribution is -2.44. The quantitative estimate of drug-likeness (QED) is 0.327. The van der Waals surface area contributed by atoms with Crippen LogP contribution in [0.1, 0.15) is 19.1 Å². The Balaban J connectivity index is 1.15. The molecule has 2 aliphatic rings. The van der Waals surface area contributed by atoms with Crippen LogP contribution in [0.5, 0.6) is 5.75 Å². The summed E-state index contributed by atoms with van der Waals surface area (Å²) in [5, 5.41) is 15.4. The van der Waals surface area contributed by atoms with Crippen molar-refractivity contribution in [3.8, 4) is 5.75 Å². The Bertz CT molecular complexity index is 1380. The Morgan fingerprint density at radius 1 is 1.20 bits per heavy atom. The van der Waals surface area contributed by atoms with E-state index in [9.17, 15) is 5.11 Å². The average molecular weight is 480 g/mol. The van der Waals surface area contributed by atoms with Crippen LogP contribution >= 0.6 is 0 Å². The number of benzene rings is 1. The zero-order valence-corrected chi connectivity index (χ0v) is 18.8. The van der Waals surface area contributed by atoms with Gasteiger partial charge in [-0.05, 0) is 43.2 Å². The first-order valence-electron chi connectivity index (χ1n) is 11.6. The molecule has 4 atom stereocenters. The number of fused-ring (bicyclic) bond motifs is 2. The first-order chi connectivity index (χ1) is 17.0. The maximum atomic E-state index is 15.0. The fraction of sp³-hybridized carbons (Fsp3) is 0.375. The molecule has 1 aliphatic heterocycles. The molecule has 1 aromatic carbocycles. The number of aliphatic hydroxyl groups excluding tert-OH is 1. The molecule has 35 heavy (non-hydrogen) atoms. The zero-order chi connectivity index (χ0) is 24.1. The van der Waals surface area contributed by atoms with Crippen molar-refractivity contribution in [1.29, 1.82) is 0 Å². The number of nitrogens with zero attached hydrogens (tertiary/aromatic N) is 4. The summed E-state index contributed by atoms with van der Waals surface area (Å²) in [6, 6.07) is 11.8. The Hall–Kier alpha value is -3.54. The molecule has 3 aromatic heterocycles. The molecular weight excluding hydrogens is 453 g/mol. The highest BCUT2D eigenvalue weighted by Gasteiger charge is 2.46. The van der Waals surface area contributed by atoms with Crippen LogP contribution in [0.25, 0.3) is 21.9 Å². The number of nitrogen functional groups attached to an aromatic ring is 1. The number of anilines is 2. The molecule has 1 aliphatic carbocycles. The van der Waals surface area contributed by atoms with Gasteiger partial charge in [-0.1, -0.05) is 0 Å². The molecule has 182 valence electrons. The van der Waals surface area contributed by atoms with Crippen molar-refractivity contribution >= 4 is 33.6 Å². The molecule has 6 rings (SSSR count). The molecule has 4 aromatic rings. The van der Waals surface area contributed by atoms with Gasteiger partial charge in [0.1, 0.15) is 48.2 Å². The summed E-state index contributed by atoms with van der Waals surface area (Å²) in [6.07, 6.45) is -0.154.